The Balaban J connectivity index is 2.17. The van der Waals surface area contributed by atoms with Gasteiger partial charge in [-0.1, -0.05) is 0 Å². The molecule has 0 aliphatic rings. The molecule has 0 aliphatic carbocycles. The highest BCUT2D eigenvalue weighted by Gasteiger charge is 2.04. The van der Waals surface area contributed by atoms with Gasteiger partial charge >= 0.3 is 0 Å². The molecule has 2 rings (SSSR count). The Bertz CT molecular complexity index is 476. The Morgan fingerprint density at radius 2 is 2.00 bits per heavy atom. The molecule has 1 aromatic heterocycles. The van der Waals surface area contributed by atoms with Gasteiger partial charge in [0.25, 0.3) is 0 Å². The minimum Gasteiger partial charge on any atom is -0.491 e. The molecule has 0 amide bonds. The summed E-state index contributed by atoms with van der Waals surface area (Å²) in [6.07, 6.45) is 2.03. The molecule has 2 N–H and O–H groups in total. The summed E-state index contributed by atoms with van der Waals surface area (Å²) in [7, 11) is 0. The number of ether oxygens (including phenoxy) is 1. The summed E-state index contributed by atoms with van der Waals surface area (Å²) in [5.74, 6) is 0.888. The molecule has 0 bridgehead atoms. The number of benzene rings is 1. The maximum absolute atomic E-state index is 5.59. The summed E-state index contributed by atoms with van der Waals surface area (Å²) in [5.41, 5.74) is 6.67. The zero-order valence-electron chi connectivity index (χ0n) is 10.0. The molecule has 2 aromatic rings. The third-order valence-corrected chi connectivity index (χ3v) is 3.30. The average Bonchev–Trinajstić information content (AvgIpc) is 2.78. The highest BCUT2D eigenvalue weighted by molar-refractivity contribution is 7.15. The molecule has 0 spiro atoms. The number of thiazole rings is 1. The van der Waals surface area contributed by atoms with Crippen LogP contribution in [0.25, 0.3) is 10.6 Å². The van der Waals surface area contributed by atoms with Crippen LogP contribution in [0.5, 0.6) is 5.75 Å². The van der Waals surface area contributed by atoms with Gasteiger partial charge in [0.1, 0.15) is 10.8 Å². The first-order valence-electron chi connectivity index (χ1n) is 5.61. The lowest BCUT2D eigenvalue weighted by atomic mass is 10.2. The molecule has 0 atom stereocenters. The first-order chi connectivity index (χ1) is 8.19. The van der Waals surface area contributed by atoms with E-state index in [1.54, 1.807) is 11.3 Å². The highest BCUT2D eigenvalue weighted by Crippen LogP contribution is 2.26. The Morgan fingerprint density at radius 1 is 1.29 bits per heavy atom. The lowest BCUT2D eigenvalue weighted by Crippen LogP contribution is -2.05. The predicted molar refractivity (Wildman–Crippen MR) is 71.2 cm³/mol. The third kappa shape index (κ3) is 3.05. The molecule has 0 saturated carbocycles. The topological polar surface area (TPSA) is 48.1 Å². The standard InChI is InChI=1S/C13H16N2OS/c1-9(2)16-11-5-3-10(4-6-11)13-15-8-12(7-14)17-13/h3-6,8-9H,7,14H2,1-2H3. The van der Waals surface area contributed by atoms with Crippen molar-refractivity contribution >= 4 is 11.3 Å². The molecule has 0 unspecified atom stereocenters. The van der Waals surface area contributed by atoms with Crippen LogP contribution in [0.1, 0.15) is 18.7 Å². The molecule has 0 fully saturated rings. The van der Waals surface area contributed by atoms with Crippen molar-refractivity contribution in [1.29, 1.82) is 0 Å². The first kappa shape index (κ1) is 12.1. The van der Waals surface area contributed by atoms with E-state index in [2.05, 4.69) is 4.98 Å². The van der Waals surface area contributed by atoms with Crippen LogP contribution in [0.4, 0.5) is 0 Å². The fourth-order valence-corrected chi connectivity index (χ4v) is 2.28. The third-order valence-electron chi connectivity index (χ3n) is 2.23. The van der Waals surface area contributed by atoms with Crippen molar-refractivity contribution in [2.24, 2.45) is 5.73 Å². The van der Waals surface area contributed by atoms with Crippen molar-refractivity contribution in [2.45, 2.75) is 26.5 Å². The minimum atomic E-state index is 0.199. The largest absolute Gasteiger partial charge is 0.491 e. The SMILES string of the molecule is CC(C)Oc1ccc(-c2ncc(CN)s2)cc1. The zero-order valence-corrected chi connectivity index (χ0v) is 10.8. The van der Waals surface area contributed by atoms with Crippen molar-refractivity contribution in [3.8, 4) is 16.3 Å². The number of nitrogens with two attached hydrogens (primary N) is 1. The van der Waals surface area contributed by atoms with Gasteiger partial charge in [-0.05, 0) is 38.1 Å². The second-order valence-electron chi connectivity index (χ2n) is 4.03. The van der Waals surface area contributed by atoms with Gasteiger partial charge in [-0.3, -0.25) is 0 Å². The number of hydrogen-bond acceptors (Lipinski definition) is 4. The predicted octanol–water partition coefficient (Wildman–Crippen LogP) is 3.06. The lowest BCUT2D eigenvalue weighted by molar-refractivity contribution is 0.242. The Hall–Kier alpha value is -1.39. The number of aromatic nitrogens is 1. The van der Waals surface area contributed by atoms with Crippen molar-refractivity contribution < 1.29 is 4.74 Å². The molecule has 1 heterocycles. The quantitative estimate of drug-likeness (QED) is 0.904. The summed E-state index contributed by atoms with van der Waals surface area (Å²) in [5, 5.41) is 1.00. The van der Waals surface area contributed by atoms with Crippen molar-refractivity contribution in [3.63, 3.8) is 0 Å². The van der Waals surface area contributed by atoms with E-state index in [1.165, 1.54) is 0 Å². The molecule has 3 nitrogen and oxygen atoms in total. The minimum absolute atomic E-state index is 0.199. The number of hydrogen-bond donors (Lipinski definition) is 1. The van der Waals surface area contributed by atoms with Gasteiger partial charge in [0, 0.05) is 23.2 Å². The summed E-state index contributed by atoms with van der Waals surface area (Å²) in [6, 6.07) is 7.99. The fourth-order valence-electron chi connectivity index (χ4n) is 1.48. The van der Waals surface area contributed by atoms with Crippen LogP contribution in [-0.4, -0.2) is 11.1 Å². The average molecular weight is 248 g/mol. The van der Waals surface area contributed by atoms with Crippen molar-refractivity contribution in [1.82, 2.24) is 4.98 Å². The van der Waals surface area contributed by atoms with Crippen molar-refractivity contribution in [3.05, 3.63) is 35.3 Å². The first-order valence-corrected chi connectivity index (χ1v) is 6.42. The van der Waals surface area contributed by atoms with Crippen LogP contribution in [-0.2, 0) is 6.54 Å². The Kier molecular flexibility index (Phi) is 3.76. The number of rotatable bonds is 4. The van der Waals surface area contributed by atoms with Crippen LogP contribution in [0, 0.1) is 0 Å². The Labute approximate surface area is 105 Å². The molecular formula is C13H16N2OS. The van der Waals surface area contributed by atoms with Gasteiger partial charge in [-0.2, -0.15) is 0 Å². The molecule has 90 valence electrons. The maximum atomic E-state index is 5.59. The van der Waals surface area contributed by atoms with Gasteiger partial charge in [-0.25, -0.2) is 4.98 Å². The Morgan fingerprint density at radius 3 is 2.53 bits per heavy atom. The highest BCUT2D eigenvalue weighted by atomic mass is 32.1. The van der Waals surface area contributed by atoms with Crippen LogP contribution >= 0.6 is 11.3 Å². The fraction of sp³-hybridized carbons (Fsp3) is 0.308. The van der Waals surface area contributed by atoms with E-state index in [1.807, 2.05) is 44.3 Å². The van der Waals surface area contributed by atoms with E-state index in [9.17, 15) is 0 Å². The van der Waals surface area contributed by atoms with Crippen LogP contribution < -0.4 is 10.5 Å². The van der Waals surface area contributed by atoms with E-state index in [0.29, 0.717) is 6.54 Å². The van der Waals surface area contributed by atoms with Gasteiger partial charge in [0.15, 0.2) is 0 Å². The summed E-state index contributed by atoms with van der Waals surface area (Å²) in [4.78, 5) is 5.45. The monoisotopic (exact) mass is 248 g/mol. The van der Waals surface area contributed by atoms with E-state index < -0.39 is 0 Å². The lowest BCUT2D eigenvalue weighted by Gasteiger charge is -2.09. The second kappa shape index (κ2) is 5.29. The van der Waals surface area contributed by atoms with Gasteiger partial charge in [0.2, 0.25) is 0 Å². The maximum Gasteiger partial charge on any atom is 0.123 e. The van der Waals surface area contributed by atoms with Gasteiger partial charge in [-0.15, -0.1) is 11.3 Å². The summed E-state index contributed by atoms with van der Waals surface area (Å²) >= 11 is 1.63. The normalized spacial score (nSPS) is 10.8. The molecule has 1 aromatic carbocycles. The van der Waals surface area contributed by atoms with Gasteiger partial charge in [0.05, 0.1) is 6.10 Å². The van der Waals surface area contributed by atoms with Gasteiger partial charge < -0.3 is 10.5 Å². The van der Waals surface area contributed by atoms with E-state index in [-0.39, 0.29) is 6.10 Å². The van der Waals surface area contributed by atoms with E-state index >= 15 is 0 Å². The molecule has 4 heteroatoms. The smallest absolute Gasteiger partial charge is 0.123 e. The van der Waals surface area contributed by atoms with Crippen LogP contribution in [0.2, 0.25) is 0 Å². The zero-order chi connectivity index (χ0) is 12.3. The molecular weight excluding hydrogens is 232 g/mol. The molecule has 0 aliphatic heterocycles. The van der Waals surface area contributed by atoms with Crippen molar-refractivity contribution in [2.75, 3.05) is 0 Å². The van der Waals surface area contributed by atoms with Crippen LogP contribution in [0.15, 0.2) is 30.5 Å². The molecule has 0 radical (unpaired) electrons. The molecule has 0 saturated heterocycles. The van der Waals surface area contributed by atoms with E-state index in [4.69, 9.17) is 10.5 Å². The molecule has 17 heavy (non-hydrogen) atoms. The summed E-state index contributed by atoms with van der Waals surface area (Å²) < 4.78 is 5.59. The summed E-state index contributed by atoms with van der Waals surface area (Å²) in [6.45, 7) is 4.58. The van der Waals surface area contributed by atoms with Crippen LogP contribution in [0.3, 0.4) is 0 Å². The number of nitrogens with zero attached hydrogens (tertiary/aromatic N) is 1. The van der Waals surface area contributed by atoms with E-state index in [0.717, 1.165) is 21.2 Å². The second-order valence-corrected chi connectivity index (χ2v) is 5.14.